The molecule has 1 aromatic carbocycles. The van der Waals surface area contributed by atoms with Crippen molar-refractivity contribution in [3.8, 4) is 0 Å². The molecule has 22 heavy (non-hydrogen) atoms. The second kappa shape index (κ2) is 5.91. The maximum absolute atomic E-state index is 12.3. The molecule has 0 unspecified atom stereocenters. The highest BCUT2D eigenvalue weighted by molar-refractivity contribution is 6.32. The van der Waals surface area contributed by atoms with E-state index in [1.165, 1.54) is 6.08 Å². The predicted molar refractivity (Wildman–Crippen MR) is 83.3 cm³/mol. The number of amides is 3. The third-order valence-electron chi connectivity index (χ3n) is 3.01. The third kappa shape index (κ3) is 2.80. The van der Waals surface area contributed by atoms with E-state index in [1.54, 1.807) is 54.8 Å². The van der Waals surface area contributed by atoms with Crippen LogP contribution in [0.15, 0.2) is 64.9 Å². The third-order valence-corrected chi connectivity index (χ3v) is 3.25. The van der Waals surface area contributed by atoms with E-state index in [-0.39, 0.29) is 5.70 Å². The fraction of sp³-hybridized carbons (Fsp3) is 0. The lowest BCUT2D eigenvalue weighted by molar-refractivity contribution is -0.113. The monoisotopic (exact) mass is 314 g/mol. The smallest absolute Gasteiger partial charge is 0.333 e. The van der Waals surface area contributed by atoms with E-state index >= 15 is 0 Å². The van der Waals surface area contributed by atoms with E-state index in [4.69, 9.17) is 16.0 Å². The van der Waals surface area contributed by atoms with Gasteiger partial charge in [0.2, 0.25) is 0 Å². The van der Waals surface area contributed by atoms with Crippen LogP contribution < -0.4 is 10.2 Å². The zero-order chi connectivity index (χ0) is 15.5. The van der Waals surface area contributed by atoms with Crippen molar-refractivity contribution in [2.75, 3.05) is 4.90 Å². The molecule has 0 aliphatic carbocycles. The van der Waals surface area contributed by atoms with Crippen LogP contribution in [-0.2, 0) is 4.79 Å². The van der Waals surface area contributed by atoms with Crippen LogP contribution in [0.3, 0.4) is 0 Å². The van der Waals surface area contributed by atoms with Gasteiger partial charge >= 0.3 is 6.03 Å². The van der Waals surface area contributed by atoms with Crippen LogP contribution in [0.4, 0.5) is 10.5 Å². The summed E-state index contributed by atoms with van der Waals surface area (Å²) in [6.07, 6.45) is 6.39. The lowest BCUT2D eigenvalue weighted by Gasteiger charge is -2.11. The summed E-state index contributed by atoms with van der Waals surface area (Å²) in [6.45, 7) is 0. The van der Waals surface area contributed by atoms with Crippen molar-refractivity contribution in [3.05, 3.63) is 71.3 Å². The Hall–Kier alpha value is -2.79. The molecular formula is C16H11ClN2O3. The Kier molecular flexibility index (Phi) is 3.80. The number of furan rings is 1. The van der Waals surface area contributed by atoms with E-state index in [2.05, 4.69) is 5.32 Å². The first kappa shape index (κ1) is 14.2. The van der Waals surface area contributed by atoms with E-state index in [1.807, 2.05) is 0 Å². The Morgan fingerprint density at radius 2 is 2.05 bits per heavy atom. The summed E-state index contributed by atoms with van der Waals surface area (Å²) in [5, 5.41) is 2.98. The second-order valence-electron chi connectivity index (χ2n) is 4.51. The Labute approximate surface area is 131 Å². The van der Waals surface area contributed by atoms with E-state index < -0.39 is 11.9 Å². The topological polar surface area (TPSA) is 62.6 Å². The fourth-order valence-corrected chi connectivity index (χ4v) is 2.21. The Morgan fingerprint density at radius 3 is 2.77 bits per heavy atom. The number of halogens is 1. The first-order valence-corrected chi connectivity index (χ1v) is 6.86. The lowest BCUT2D eigenvalue weighted by atomic mass is 10.3. The average molecular weight is 315 g/mol. The van der Waals surface area contributed by atoms with Crippen LogP contribution in [0.2, 0.25) is 5.02 Å². The molecule has 1 N–H and O–H groups in total. The van der Waals surface area contributed by atoms with E-state index in [0.29, 0.717) is 16.5 Å². The molecule has 0 bridgehead atoms. The highest BCUT2D eigenvalue weighted by Gasteiger charge is 2.34. The van der Waals surface area contributed by atoms with Crippen LogP contribution in [0, 0.1) is 0 Å². The molecule has 0 radical (unpaired) electrons. The maximum atomic E-state index is 12.3. The van der Waals surface area contributed by atoms with Crippen LogP contribution in [0.1, 0.15) is 5.76 Å². The molecule has 6 heteroatoms. The molecule has 3 rings (SSSR count). The van der Waals surface area contributed by atoms with Crippen LogP contribution in [0.25, 0.3) is 6.08 Å². The van der Waals surface area contributed by atoms with Gasteiger partial charge in [-0.15, -0.1) is 0 Å². The number of hydrogen-bond donors (Lipinski definition) is 1. The van der Waals surface area contributed by atoms with Gasteiger partial charge in [0.1, 0.15) is 11.5 Å². The highest BCUT2D eigenvalue weighted by atomic mass is 35.5. The molecule has 2 aromatic rings. The second-order valence-corrected chi connectivity index (χ2v) is 4.94. The number of allylic oxidation sites excluding steroid dienone is 2. The van der Waals surface area contributed by atoms with Gasteiger partial charge in [0.05, 0.1) is 12.0 Å². The van der Waals surface area contributed by atoms with Crippen molar-refractivity contribution in [2.45, 2.75) is 0 Å². The number of nitrogens with one attached hydrogen (secondary N) is 1. The summed E-state index contributed by atoms with van der Waals surface area (Å²) in [7, 11) is 0. The van der Waals surface area contributed by atoms with Gasteiger partial charge < -0.3 is 9.73 Å². The number of nitrogens with zero attached hydrogens (tertiary/aromatic N) is 1. The van der Waals surface area contributed by atoms with Gasteiger partial charge in [0, 0.05) is 5.02 Å². The SMILES string of the molecule is O=C1N/C(=C/C=C/c2ccco2)C(=O)N1c1cccc(Cl)c1. The van der Waals surface area contributed by atoms with Crippen molar-refractivity contribution in [2.24, 2.45) is 0 Å². The van der Waals surface area contributed by atoms with Gasteiger partial charge in [-0.1, -0.05) is 23.7 Å². The molecule has 1 fully saturated rings. The first-order chi connectivity index (χ1) is 10.6. The number of rotatable bonds is 3. The van der Waals surface area contributed by atoms with Crippen molar-refractivity contribution in [1.29, 1.82) is 0 Å². The Balaban J connectivity index is 1.82. The molecule has 2 heterocycles. The van der Waals surface area contributed by atoms with Crippen molar-refractivity contribution < 1.29 is 14.0 Å². The number of imide groups is 1. The maximum Gasteiger partial charge on any atom is 0.333 e. The summed E-state index contributed by atoms with van der Waals surface area (Å²) in [6, 6.07) is 9.58. The van der Waals surface area contributed by atoms with Crippen molar-refractivity contribution in [3.63, 3.8) is 0 Å². The Bertz CT molecular complexity index is 778. The van der Waals surface area contributed by atoms with Crippen molar-refractivity contribution in [1.82, 2.24) is 5.32 Å². The molecule has 0 spiro atoms. The van der Waals surface area contributed by atoms with Gasteiger partial charge in [0.15, 0.2) is 0 Å². The largest absolute Gasteiger partial charge is 0.465 e. The lowest BCUT2D eigenvalue weighted by Crippen LogP contribution is -2.30. The fourth-order valence-electron chi connectivity index (χ4n) is 2.03. The Morgan fingerprint density at radius 1 is 1.18 bits per heavy atom. The zero-order valence-corrected chi connectivity index (χ0v) is 12.1. The number of carbonyl (C=O) groups is 2. The summed E-state index contributed by atoms with van der Waals surface area (Å²) in [5.41, 5.74) is 0.612. The molecule has 110 valence electrons. The quantitative estimate of drug-likeness (QED) is 0.695. The van der Waals surface area contributed by atoms with Gasteiger partial charge in [-0.2, -0.15) is 0 Å². The number of anilines is 1. The van der Waals surface area contributed by atoms with Gasteiger partial charge in [-0.3, -0.25) is 4.79 Å². The summed E-state index contributed by atoms with van der Waals surface area (Å²) in [4.78, 5) is 25.3. The van der Waals surface area contributed by atoms with E-state index in [0.717, 1.165) is 4.90 Å². The van der Waals surface area contributed by atoms with Crippen LogP contribution in [-0.4, -0.2) is 11.9 Å². The average Bonchev–Trinajstić information content (AvgIpc) is 3.08. The molecule has 0 atom stereocenters. The minimum atomic E-state index is -0.509. The standard InChI is InChI=1S/C16H11ClN2O3/c17-11-4-1-5-12(10-11)19-15(20)14(18-16(19)21)8-2-6-13-7-3-9-22-13/h1-10H,(H,18,21)/b6-2+,14-8+. The number of carbonyl (C=O) groups excluding carboxylic acids is 2. The summed E-state index contributed by atoms with van der Waals surface area (Å²) >= 11 is 5.89. The summed E-state index contributed by atoms with van der Waals surface area (Å²) < 4.78 is 5.14. The minimum Gasteiger partial charge on any atom is -0.465 e. The molecule has 1 aromatic heterocycles. The number of hydrogen-bond acceptors (Lipinski definition) is 3. The van der Waals surface area contributed by atoms with Gasteiger partial charge in [-0.05, 0) is 42.5 Å². The van der Waals surface area contributed by atoms with Gasteiger partial charge in [0.25, 0.3) is 5.91 Å². The summed E-state index contributed by atoms with van der Waals surface area (Å²) in [5.74, 6) is 0.219. The van der Waals surface area contributed by atoms with Gasteiger partial charge in [-0.25, -0.2) is 9.69 Å². The molecule has 3 amide bonds. The predicted octanol–water partition coefficient (Wildman–Crippen LogP) is 3.59. The van der Waals surface area contributed by atoms with Crippen molar-refractivity contribution >= 4 is 35.3 Å². The molecule has 1 aliphatic rings. The number of benzene rings is 1. The molecule has 5 nitrogen and oxygen atoms in total. The van der Waals surface area contributed by atoms with E-state index in [9.17, 15) is 9.59 Å². The molecule has 1 aliphatic heterocycles. The highest BCUT2D eigenvalue weighted by Crippen LogP contribution is 2.24. The first-order valence-electron chi connectivity index (χ1n) is 6.48. The van der Waals surface area contributed by atoms with Crippen LogP contribution >= 0.6 is 11.6 Å². The normalized spacial score (nSPS) is 16.8. The zero-order valence-electron chi connectivity index (χ0n) is 11.3. The molecular weight excluding hydrogens is 304 g/mol. The van der Waals surface area contributed by atoms with Crippen LogP contribution in [0.5, 0.6) is 0 Å². The minimum absolute atomic E-state index is 0.188. The molecule has 1 saturated heterocycles. The molecule has 0 saturated carbocycles. The number of urea groups is 1.